The molecular formula is C10H14F2N2O. The van der Waals surface area contributed by atoms with Crippen LogP contribution in [0.3, 0.4) is 0 Å². The Hall–Kier alpha value is -1.23. The first-order valence-corrected chi connectivity index (χ1v) is 4.72. The molecule has 5 heteroatoms. The number of rotatable bonds is 6. The summed E-state index contributed by atoms with van der Waals surface area (Å²) in [6.45, 7) is 2.10. The summed E-state index contributed by atoms with van der Waals surface area (Å²) in [5.41, 5.74) is 0.911. The van der Waals surface area contributed by atoms with E-state index in [1.54, 1.807) is 0 Å². The summed E-state index contributed by atoms with van der Waals surface area (Å²) in [4.78, 5) is 4.19. The van der Waals surface area contributed by atoms with Crippen LogP contribution in [0, 0.1) is 6.92 Å². The summed E-state index contributed by atoms with van der Waals surface area (Å²) in [6.07, 6.45) is -2.40. The van der Waals surface area contributed by atoms with Crippen LogP contribution in [0.1, 0.15) is 5.69 Å². The molecule has 1 aromatic rings. The van der Waals surface area contributed by atoms with Gasteiger partial charge in [0.1, 0.15) is 12.4 Å². The highest BCUT2D eigenvalue weighted by Gasteiger charge is 2.00. The normalized spacial score (nSPS) is 10.7. The van der Waals surface area contributed by atoms with Crippen LogP contribution in [0.4, 0.5) is 14.6 Å². The largest absolute Gasteiger partial charge is 0.374 e. The van der Waals surface area contributed by atoms with Crippen molar-refractivity contribution in [1.82, 2.24) is 4.98 Å². The van der Waals surface area contributed by atoms with Crippen molar-refractivity contribution >= 4 is 5.82 Å². The van der Waals surface area contributed by atoms with Crippen LogP contribution in [0.25, 0.3) is 0 Å². The smallest absolute Gasteiger partial charge is 0.261 e. The van der Waals surface area contributed by atoms with E-state index in [4.69, 9.17) is 4.74 Å². The first-order valence-electron chi connectivity index (χ1n) is 4.72. The van der Waals surface area contributed by atoms with Crippen LogP contribution in [-0.2, 0) is 4.74 Å². The fourth-order valence-electron chi connectivity index (χ4n) is 1.07. The standard InChI is InChI=1S/C10H14F2N2O/c1-8-3-2-4-10(14-8)13-5-6-15-7-9(11)12/h2-4,9H,5-7H2,1H3,(H,13,14). The molecule has 0 unspecified atom stereocenters. The lowest BCUT2D eigenvalue weighted by molar-refractivity contribution is 0.0215. The Labute approximate surface area is 87.5 Å². The molecule has 1 N–H and O–H groups in total. The Balaban J connectivity index is 2.15. The van der Waals surface area contributed by atoms with Gasteiger partial charge < -0.3 is 10.1 Å². The van der Waals surface area contributed by atoms with Gasteiger partial charge in [-0.3, -0.25) is 0 Å². The SMILES string of the molecule is Cc1cccc(NCCOCC(F)F)n1. The monoisotopic (exact) mass is 216 g/mol. The van der Waals surface area contributed by atoms with Gasteiger partial charge in [-0.2, -0.15) is 0 Å². The van der Waals surface area contributed by atoms with Crippen LogP contribution in [0.15, 0.2) is 18.2 Å². The molecule has 0 aliphatic heterocycles. The van der Waals surface area contributed by atoms with Gasteiger partial charge in [-0.05, 0) is 19.1 Å². The lowest BCUT2D eigenvalue weighted by Gasteiger charge is -2.06. The van der Waals surface area contributed by atoms with E-state index in [0.29, 0.717) is 6.54 Å². The third kappa shape index (κ3) is 5.27. The molecule has 0 spiro atoms. The molecule has 0 aliphatic rings. The number of alkyl halides is 2. The number of hydrogen-bond donors (Lipinski definition) is 1. The number of nitrogens with one attached hydrogen (secondary N) is 1. The Morgan fingerprint density at radius 3 is 2.93 bits per heavy atom. The minimum Gasteiger partial charge on any atom is -0.374 e. The van der Waals surface area contributed by atoms with Crippen LogP contribution in [-0.4, -0.2) is 31.2 Å². The highest BCUT2D eigenvalue weighted by atomic mass is 19.3. The second kappa shape index (κ2) is 6.29. The van der Waals surface area contributed by atoms with Crippen molar-refractivity contribution in [2.75, 3.05) is 25.1 Å². The number of pyridine rings is 1. The molecule has 0 amide bonds. The average molecular weight is 216 g/mol. The van der Waals surface area contributed by atoms with Gasteiger partial charge in [0.2, 0.25) is 0 Å². The van der Waals surface area contributed by atoms with Gasteiger partial charge >= 0.3 is 0 Å². The summed E-state index contributed by atoms with van der Waals surface area (Å²) in [5, 5.41) is 2.98. The first-order chi connectivity index (χ1) is 7.18. The maximum absolute atomic E-state index is 11.7. The Bertz CT molecular complexity index is 295. The summed E-state index contributed by atoms with van der Waals surface area (Å²) >= 11 is 0. The molecule has 0 fully saturated rings. The van der Waals surface area contributed by atoms with Crippen molar-refractivity contribution in [1.29, 1.82) is 0 Å². The zero-order chi connectivity index (χ0) is 11.1. The van der Waals surface area contributed by atoms with Gasteiger partial charge in [-0.25, -0.2) is 13.8 Å². The first kappa shape index (κ1) is 11.8. The summed E-state index contributed by atoms with van der Waals surface area (Å²) in [5.74, 6) is 0.732. The number of hydrogen-bond acceptors (Lipinski definition) is 3. The second-order valence-electron chi connectivity index (χ2n) is 3.06. The third-order valence-corrected chi connectivity index (χ3v) is 1.68. The molecule has 1 rings (SSSR count). The molecule has 84 valence electrons. The lowest BCUT2D eigenvalue weighted by atomic mass is 10.4. The van der Waals surface area contributed by atoms with Crippen molar-refractivity contribution in [2.24, 2.45) is 0 Å². The quantitative estimate of drug-likeness (QED) is 0.739. The average Bonchev–Trinajstić information content (AvgIpc) is 2.17. The minimum absolute atomic E-state index is 0.250. The fraction of sp³-hybridized carbons (Fsp3) is 0.500. The van der Waals surface area contributed by atoms with Crippen molar-refractivity contribution in [3.63, 3.8) is 0 Å². The topological polar surface area (TPSA) is 34.1 Å². The molecule has 1 heterocycles. The number of nitrogens with zero attached hydrogens (tertiary/aromatic N) is 1. The second-order valence-corrected chi connectivity index (χ2v) is 3.06. The zero-order valence-electron chi connectivity index (χ0n) is 8.54. The molecular weight excluding hydrogens is 202 g/mol. The van der Waals surface area contributed by atoms with Crippen molar-refractivity contribution in [2.45, 2.75) is 13.3 Å². The molecule has 1 aromatic heterocycles. The van der Waals surface area contributed by atoms with E-state index in [0.717, 1.165) is 11.5 Å². The summed E-state index contributed by atoms with van der Waals surface area (Å²) in [7, 11) is 0. The van der Waals surface area contributed by atoms with E-state index in [2.05, 4.69) is 10.3 Å². The molecule has 0 bridgehead atoms. The van der Waals surface area contributed by atoms with E-state index in [9.17, 15) is 8.78 Å². The molecule has 0 radical (unpaired) electrons. The molecule has 0 aromatic carbocycles. The molecule has 15 heavy (non-hydrogen) atoms. The van der Waals surface area contributed by atoms with Crippen LogP contribution in [0.5, 0.6) is 0 Å². The Morgan fingerprint density at radius 1 is 1.47 bits per heavy atom. The van der Waals surface area contributed by atoms with Crippen molar-refractivity contribution in [3.05, 3.63) is 23.9 Å². The zero-order valence-corrected chi connectivity index (χ0v) is 8.54. The molecule has 0 aliphatic carbocycles. The number of anilines is 1. The maximum atomic E-state index is 11.7. The van der Waals surface area contributed by atoms with Gasteiger partial charge in [0.25, 0.3) is 6.43 Å². The van der Waals surface area contributed by atoms with Crippen LogP contribution < -0.4 is 5.32 Å². The van der Waals surface area contributed by atoms with Crippen molar-refractivity contribution in [3.8, 4) is 0 Å². The lowest BCUT2D eigenvalue weighted by Crippen LogP contribution is -2.13. The predicted molar refractivity (Wildman–Crippen MR) is 54.3 cm³/mol. The minimum atomic E-state index is -2.40. The van der Waals surface area contributed by atoms with Gasteiger partial charge in [-0.1, -0.05) is 6.07 Å². The maximum Gasteiger partial charge on any atom is 0.261 e. The van der Waals surface area contributed by atoms with E-state index in [1.165, 1.54) is 0 Å². The summed E-state index contributed by atoms with van der Waals surface area (Å²) < 4.78 is 28.1. The van der Waals surface area contributed by atoms with E-state index in [-0.39, 0.29) is 6.61 Å². The molecule has 3 nitrogen and oxygen atoms in total. The van der Waals surface area contributed by atoms with Gasteiger partial charge in [0, 0.05) is 12.2 Å². The third-order valence-electron chi connectivity index (χ3n) is 1.68. The number of aromatic nitrogens is 1. The van der Waals surface area contributed by atoms with Gasteiger partial charge in [0.05, 0.1) is 6.61 Å². The van der Waals surface area contributed by atoms with Gasteiger partial charge in [0.15, 0.2) is 0 Å². The predicted octanol–water partition coefficient (Wildman–Crippen LogP) is 2.08. The highest BCUT2D eigenvalue weighted by molar-refractivity contribution is 5.34. The van der Waals surface area contributed by atoms with E-state index >= 15 is 0 Å². The number of aryl methyl sites for hydroxylation is 1. The highest BCUT2D eigenvalue weighted by Crippen LogP contribution is 2.02. The van der Waals surface area contributed by atoms with Crippen molar-refractivity contribution < 1.29 is 13.5 Å². The van der Waals surface area contributed by atoms with Crippen LogP contribution >= 0.6 is 0 Å². The Kier molecular flexibility index (Phi) is 4.97. The summed E-state index contributed by atoms with van der Waals surface area (Å²) in [6, 6.07) is 5.59. The number of halogens is 2. The van der Waals surface area contributed by atoms with E-state index in [1.807, 2.05) is 25.1 Å². The fourth-order valence-corrected chi connectivity index (χ4v) is 1.07. The number of ether oxygens (including phenoxy) is 1. The van der Waals surface area contributed by atoms with Gasteiger partial charge in [-0.15, -0.1) is 0 Å². The molecule has 0 saturated carbocycles. The molecule has 0 saturated heterocycles. The Morgan fingerprint density at radius 2 is 2.27 bits per heavy atom. The molecule has 0 atom stereocenters. The van der Waals surface area contributed by atoms with Crippen LogP contribution in [0.2, 0.25) is 0 Å². The van der Waals surface area contributed by atoms with E-state index < -0.39 is 13.0 Å².